The van der Waals surface area contributed by atoms with E-state index in [1.165, 1.54) is 12.1 Å². The van der Waals surface area contributed by atoms with Crippen molar-refractivity contribution in [3.05, 3.63) is 48.3 Å². The van der Waals surface area contributed by atoms with Gasteiger partial charge in [0, 0.05) is 13.2 Å². The van der Waals surface area contributed by atoms with Gasteiger partial charge in [-0.2, -0.15) is 13.5 Å². The maximum absolute atomic E-state index is 12.5. The van der Waals surface area contributed by atoms with Crippen LogP contribution >= 0.6 is 0 Å². The number of nitrogens with zero attached hydrogens (tertiary/aromatic N) is 4. The molecule has 0 unspecified atom stereocenters. The van der Waals surface area contributed by atoms with Crippen LogP contribution in [0.15, 0.2) is 52.0 Å². The number of rotatable bonds is 5. The normalized spacial score (nSPS) is 15.7. The molecular formula is C15H19N5O2S. The molecule has 23 heavy (non-hydrogen) atoms. The van der Waals surface area contributed by atoms with E-state index < -0.39 is 10.0 Å². The maximum Gasteiger partial charge on any atom is 0.284 e. The summed E-state index contributed by atoms with van der Waals surface area (Å²) in [6, 6.07) is 8.55. The van der Waals surface area contributed by atoms with Crippen molar-refractivity contribution in [1.82, 2.24) is 14.7 Å². The Bertz CT molecular complexity index is 809. The van der Waals surface area contributed by atoms with Gasteiger partial charge in [0.1, 0.15) is 0 Å². The number of hydrogen-bond acceptors (Lipinski definition) is 4. The molecule has 0 aliphatic heterocycles. The monoisotopic (exact) mass is 333 g/mol. The maximum atomic E-state index is 12.5. The first-order chi connectivity index (χ1) is 11.0. The molecule has 2 aromatic rings. The van der Waals surface area contributed by atoms with Gasteiger partial charge in [-0.05, 0) is 25.0 Å². The first-order valence-corrected chi connectivity index (χ1v) is 8.81. The molecule has 3 rings (SSSR count). The van der Waals surface area contributed by atoms with E-state index in [-0.39, 0.29) is 11.6 Å². The van der Waals surface area contributed by atoms with Gasteiger partial charge in [0.05, 0.1) is 29.4 Å². The van der Waals surface area contributed by atoms with Crippen LogP contribution in [0.1, 0.15) is 24.4 Å². The highest BCUT2D eigenvalue weighted by molar-refractivity contribution is 7.90. The fraction of sp³-hybridized carbons (Fsp3) is 0.333. The first-order valence-electron chi connectivity index (χ1n) is 7.37. The van der Waals surface area contributed by atoms with E-state index in [0.29, 0.717) is 17.4 Å². The number of nitrogens with two attached hydrogens (primary N) is 1. The summed E-state index contributed by atoms with van der Waals surface area (Å²) in [6.45, 7) is 0.151. The third-order valence-electron chi connectivity index (χ3n) is 3.66. The van der Waals surface area contributed by atoms with E-state index in [0.717, 1.165) is 12.8 Å². The lowest BCUT2D eigenvalue weighted by Gasteiger charge is -2.17. The van der Waals surface area contributed by atoms with Crippen LogP contribution in [0, 0.1) is 0 Å². The number of amidine groups is 1. The Kier molecular flexibility index (Phi) is 4.18. The molecule has 2 N–H and O–H groups in total. The lowest BCUT2D eigenvalue weighted by molar-refractivity contribution is 0.521. The Labute approximate surface area is 135 Å². The van der Waals surface area contributed by atoms with Crippen molar-refractivity contribution in [3.8, 4) is 0 Å². The molecule has 1 fully saturated rings. The van der Waals surface area contributed by atoms with E-state index >= 15 is 0 Å². The van der Waals surface area contributed by atoms with Gasteiger partial charge in [-0.3, -0.25) is 4.68 Å². The van der Waals surface area contributed by atoms with E-state index in [2.05, 4.69) is 9.50 Å². The lowest BCUT2D eigenvalue weighted by atomic mass is 10.3. The predicted octanol–water partition coefficient (Wildman–Crippen LogP) is 1.20. The highest BCUT2D eigenvalue weighted by atomic mass is 32.2. The Hall–Kier alpha value is -2.19. The molecule has 1 saturated carbocycles. The topological polar surface area (TPSA) is 93.6 Å². The Morgan fingerprint density at radius 3 is 2.70 bits per heavy atom. The molecule has 8 heteroatoms. The zero-order chi connectivity index (χ0) is 16.4. The van der Waals surface area contributed by atoms with Crippen LogP contribution in [-0.2, 0) is 10.0 Å². The van der Waals surface area contributed by atoms with Crippen LogP contribution in [0.2, 0.25) is 0 Å². The molecule has 122 valence electrons. The minimum Gasteiger partial charge on any atom is -0.346 e. The Balaban J connectivity index is 2.01. The molecule has 1 aromatic carbocycles. The van der Waals surface area contributed by atoms with Crippen molar-refractivity contribution in [2.45, 2.75) is 23.8 Å². The standard InChI is InChI=1S/C15H19N5O2S/c1-19(11-16)15(12-9-17-20(10-12)13-7-8-13)18-23(21,22)14-5-3-2-4-6-14/h2-6,9-10,13H,7-8,11,16H2,1H3/b18-15-. The van der Waals surface area contributed by atoms with E-state index in [9.17, 15) is 8.42 Å². The van der Waals surface area contributed by atoms with E-state index in [1.807, 2.05) is 10.9 Å². The molecule has 0 bridgehead atoms. The minimum atomic E-state index is -3.80. The van der Waals surface area contributed by atoms with Crippen molar-refractivity contribution < 1.29 is 8.42 Å². The number of aromatic nitrogens is 2. The fourth-order valence-corrected chi connectivity index (χ4v) is 3.26. The van der Waals surface area contributed by atoms with Crippen molar-refractivity contribution in [2.24, 2.45) is 10.1 Å². The summed E-state index contributed by atoms with van der Waals surface area (Å²) >= 11 is 0. The highest BCUT2D eigenvalue weighted by Crippen LogP contribution is 2.34. The second kappa shape index (κ2) is 6.13. The molecule has 7 nitrogen and oxygen atoms in total. The van der Waals surface area contributed by atoms with Crippen LogP contribution in [0.3, 0.4) is 0 Å². The molecule has 1 aliphatic rings. The predicted molar refractivity (Wildman–Crippen MR) is 87.5 cm³/mol. The SMILES string of the molecule is CN(CN)/C(=N\S(=O)(=O)c1ccccc1)c1cnn(C2CC2)c1. The van der Waals surface area contributed by atoms with Gasteiger partial charge >= 0.3 is 0 Å². The van der Waals surface area contributed by atoms with Gasteiger partial charge in [0.2, 0.25) is 0 Å². The van der Waals surface area contributed by atoms with Crippen molar-refractivity contribution in [1.29, 1.82) is 0 Å². The number of benzene rings is 1. The van der Waals surface area contributed by atoms with Crippen molar-refractivity contribution in [3.63, 3.8) is 0 Å². The quantitative estimate of drug-likeness (QED) is 0.504. The minimum absolute atomic E-state index is 0.150. The zero-order valence-corrected chi connectivity index (χ0v) is 13.6. The average Bonchev–Trinajstić information content (AvgIpc) is 3.30. The molecule has 0 radical (unpaired) electrons. The number of sulfonamides is 1. The number of hydrogen-bond donors (Lipinski definition) is 1. The largest absolute Gasteiger partial charge is 0.346 e. The van der Waals surface area contributed by atoms with E-state index in [4.69, 9.17) is 5.73 Å². The molecular weight excluding hydrogens is 314 g/mol. The summed E-state index contributed by atoms with van der Waals surface area (Å²) in [6.07, 6.45) is 5.65. The van der Waals surface area contributed by atoms with Crippen LogP contribution in [0.5, 0.6) is 0 Å². The van der Waals surface area contributed by atoms with Crippen molar-refractivity contribution in [2.75, 3.05) is 13.7 Å². The lowest BCUT2D eigenvalue weighted by Crippen LogP contribution is -2.33. The van der Waals surface area contributed by atoms with Gasteiger partial charge in [-0.1, -0.05) is 18.2 Å². The average molecular weight is 333 g/mol. The van der Waals surface area contributed by atoms with Gasteiger partial charge in [0.15, 0.2) is 5.84 Å². The molecule has 0 spiro atoms. The van der Waals surface area contributed by atoms with Gasteiger partial charge in [0.25, 0.3) is 10.0 Å². The van der Waals surface area contributed by atoms with Gasteiger partial charge < -0.3 is 10.6 Å². The fourth-order valence-electron chi connectivity index (χ4n) is 2.18. The summed E-state index contributed by atoms with van der Waals surface area (Å²) in [5, 5.41) is 4.29. The second-order valence-corrected chi connectivity index (χ2v) is 7.13. The Morgan fingerprint density at radius 1 is 1.39 bits per heavy atom. The van der Waals surface area contributed by atoms with Gasteiger partial charge in [-0.25, -0.2) is 0 Å². The molecule has 1 aliphatic carbocycles. The van der Waals surface area contributed by atoms with Crippen LogP contribution < -0.4 is 5.73 Å². The summed E-state index contributed by atoms with van der Waals surface area (Å²) < 4.78 is 30.9. The third-order valence-corrected chi connectivity index (χ3v) is 4.95. The third kappa shape index (κ3) is 3.43. The molecule has 0 atom stereocenters. The van der Waals surface area contributed by atoms with Crippen molar-refractivity contribution >= 4 is 15.9 Å². The first kappa shape index (κ1) is 15.7. The summed E-state index contributed by atoms with van der Waals surface area (Å²) in [4.78, 5) is 1.74. The van der Waals surface area contributed by atoms with Gasteiger partial charge in [-0.15, -0.1) is 4.40 Å². The van der Waals surface area contributed by atoms with Crippen LogP contribution in [-0.4, -0.2) is 42.7 Å². The van der Waals surface area contributed by atoms with Crippen LogP contribution in [0.25, 0.3) is 0 Å². The molecule has 1 aromatic heterocycles. The molecule has 0 saturated heterocycles. The zero-order valence-electron chi connectivity index (χ0n) is 12.8. The molecule has 1 heterocycles. The smallest absolute Gasteiger partial charge is 0.284 e. The van der Waals surface area contributed by atoms with E-state index in [1.54, 1.807) is 36.3 Å². The Morgan fingerprint density at radius 2 is 2.09 bits per heavy atom. The summed E-state index contributed by atoms with van der Waals surface area (Å²) in [5.41, 5.74) is 6.31. The van der Waals surface area contributed by atoms with Crippen LogP contribution in [0.4, 0.5) is 0 Å². The second-order valence-electron chi connectivity index (χ2n) is 5.52. The summed E-state index contributed by atoms with van der Waals surface area (Å²) in [7, 11) is -2.10. The molecule has 0 amide bonds. The summed E-state index contributed by atoms with van der Waals surface area (Å²) in [5.74, 6) is 0.295. The highest BCUT2D eigenvalue weighted by Gasteiger charge is 2.26.